The van der Waals surface area contributed by atoms with E-state index in [4.69, 9.17) is 5.41 Å². The summed E-state index contributed by atoms with van der Waals surface area (Å²) in [4.78, 5) is 0. The van der Waals surface area contributed by atoms with Crippen LogP contribution in [0.1, 0.15) is 18.4 Å². The zero-order valence-corrected chi connectivity index (χ0v) is 9.49. The van der Waals surface area contributed by atoms with E-state index in [9.17, 15) is 0 Å². The number of rotatable bonds is 1. The molecule has 2 rings (SSSR count). The molecule has 1 N–H and O–H groups in total. The van der Waals surface area contributed by atoms with Crippen LogP contribution in [0.5, 0.6) is 0 Å². The van der Waals surface area contributed by atoms with Crippen molar-refractivity contribution in [3.05, 3.63) is 41.6 Å². The monoisotopic (exact) mass is 201 g/mol. The molecule has 1 heterocycles. The van der Waals surface area contributed by atoms with Crippen molar-refractivity contribution in [1.29, 1.82) is 5.41 Å². The Bertz CT molecular complexity index is 413. The van der Waals surface area contributed by atoms with E-state index in [-0.39, 0.29) is 0 Å². The Labute approximate surface area is 90.9 Å². The lowest BCUT2D eigenvalue weighted by Crippen LogP contribution is -2.61. The molecule has 1 saturated heterocycles. The molecule has 2 atom stereocenters. The zero-order valence-electron chi connectivity index (χ0n) is 9.49. The summed E-state index contributed by atoms with van der Waals surface area (Å²) in [5, 5.41) is 7.38. The number of hydrogen-bond donors (Lipinski definition) is 1. The first-order chi connectivity index (χ1) is 7.09. The molecule has 0 bridgehead atoms. The summed E-state index contributed by atoms with van der Waals surface area (Å²) in [5.41, 5.74) is 2.38. The maximum absolute atomic E-state index is 7.38. The second kappa shape index (κ2) is 3.34. The molecule has 0 aromatic heterocycles. The van der Waals surface area contributed by atoms with Gasteiger partial charge in [0, 0.05) is 5.87 Å². The lowest BCUT2D eigenvalue weighted by Gasteiger charge is -2.51. The van der Waals surface area contributed by atoms with Gasteiger partial charge < -0.3 is 0 Å². The number of benzene rings is 1. The van der Waals surface area contributed by atoms with Crippen LogP contribution in [0.4, 0.5) is 0 Å². The lowest BCUT2D eigenvalue weighted by atomic mass is 9.78. The minimum atomic E-state index is 0.374. The van der Waals surface area contributed by atoms with E-state index in [1.165, 1.54) is 5.56 Å². The standard InChI is InChI=1S/C13H17N2/c1-10-13(11-7-5-4-6-8-11)12(9-14)15(10,2)3/h4-8,10,13-14H,1-3H3/q+1/t10-,13+/m0/s1. The van der Waals surface area contributed by atoms with E-state index in [0.717, 1.165) is 10.2 Å². The van der Waals surface area contributed by atoms with E-state index < -0.39 is 0 Å². The fourth-order valence-corrected chi connectivity index (χ4v) is 2.42. The normalized spacial score (nSPS) is 28.1. The first-order valence-electron chi connectivity index (χ1n) is 5.27. The van der Waals surface area contributed by atoms with Gasteiger partial charge in [0.05, 0.1) is 14.1 Å². The Kier molecular flexibility index (Phi) is 2.26. The van der Waals surface area contributed by atoms with Gasteiger partial charge in [-0.15, -0.1) is 0 Å². The van der Waals surface area contributed by atoms with Gasteiger partial charge in [-0.05, 0) is 12.5 Å². The molecule has 15 heavy (non-hydrogen) atoms. The molecular weight excluding hydrogens is 184 g/mol. The lowest BCUT2D eigenvalue weighted by molar-refractivity contribution is -0.915. The van der Waals surface area contributed by atoms with Crippen LogP contribution in [0.3, 0.4) is 0 Å². The highest BCUT2D eigenvalue weighted by atomic mass is 15.4. The number of nitrogens with zero attached hydrogens (tertiary/aromatic N) is 1. The van der Waals surface area contributed by atoms with Crippen LogP contribution in [0.25, 0.3) is 0 Å². The average Bonchev–Trinajstić information content (AvgIpc) is 2.25. The molecule has 1 aliphatic heterocycles. The molecule has 2 heteroatoms. The van der Waals surface area contributed by atoms with E-state index in [1.54, 1.807) is 0 Å². The van der Waals surface area contributed by atoms with Crippen molar-refractivity contribution in [1.82, 2.24) is 0 Å². The van der Waals surface area contributed by atoms with Crippen LogP contribution in [-0.2, 0) is 0 Å². The summed E-state index contributed by atoms with van der Waals surface area (Å²) >= 11 is 0. The molecule has 0 amide bonds. The highest BCUT2D eigenvalue weighted by molar-refractivity contribution is 5.58. The van der Waals surface area contributed by atoms with E-state index in [0.29, 0.717) is 12.0 Å². The number of hydrogen-bond acceptors (Lipinski definition) is 1. The Hall–Kier alpha value is -1.37. The first kappa shape index (κ1) is 10.2. The molecular formula is C13H17N2+. The van der Waals surface area contributed by atoms with Crippen LogP contribution in [-0.4, -0.2) is 30.5 Å². The SMILES string of the molecule is C[C@H]1[C@H](c2ccccc2)C(=C=N)[N+]1(C)C. The molecule has 0 aliphatic carbocycles. The van der Waals surface area contributed by atoms with Gasteiger partial charge in [0.2, 0.25) is 0 Å². The third kappa shape index (κ3) is 1.34. The zero-order chi connectivity index (χ0) is 11.1. The third-order valence-electron chi connectivity index (χ3n) is 3.70. The maximum Gasteiger partial charge on any atom is 0.184 e. The topological polar surface area (TPSA) is 23.9 Å². The van der Waals surface area contributed by atoms with Gasteiger partial charge in [-0.25, -0.2) is 0 Å². The maximum atomic E-state index is 7.38. The Morgan fingerprint density at radius 2 is 1.80 bits per heavy atom. The summed E-state index contributed by atoms with van der Waals surface area (Å²) in [6.45, 7) is 2.23. The molecule has 1 aromatic carbocycles. The van der Waals surface area contributed by atoms with Crippen LogP contribution >= 0.6 is 0 Å². The van der Waals surface area contributed by atoms with Crippen molar-refractivity contribution in [2.45, 2.75) is 18.9 Å². The predicted molar refractivity (Wildman–Crippen MR) is 62.0 cm³/mol. The Morgan fingerprint density at radius 3 is 2.33 bits per heavy atom. The minimum absolute atomic E-state index is 0.374. The molecule has 1 aromatic rings. The highest BCUT2D eigenvalue weighted by Gasteiger charge is 2.52. The van der Waals surface area contributed by atoms with E-state index in [2.05, 4.69) is 51.2 Å². The molecule has 0 saturated carbocycles. The number of likely N-dealkylation sites (tertiary alicyclic amines) is 1. The third-order valence-corrected chi connectivity index (χ3v) is 3.70. The van der Waals surface area contributed by atoms with Crippen molar-refractivity contribution in [3.8, 4) is 0 Å². The summed E-state index contributed by atoms with van der Waals surface area (Å²) in [6, 6.07) is 10.9. The van der Waals surface area contributed by atoms with Crippen molar-refractivity contribution in [3.63, 3.8) is 0 Å². The predicted octanol–water partition coefficient (Wildman–Crippen LogP) is 2.38. The van der Waals surface area contributed by atoms with E-state index >= 15 is 0 Å². The second-order valence-corrected chi connectivity index (χ2v) is 4.68. The van der Waals surface area contributed by atoms with Gasteiger partial charge in [-0.2, -0.15) is 0 Å². The van der Waals surface area contributed by atoms with Gasteiger partial charge >= 0.3 is 0 Å². The average molecular weight is 201 g/mol. The van der Waals surface area contributed by atoms with Crippen molar-refractivity contribution < 1.29 is 4.48 Å². The smallest absolute Gasteiger partial charge is 0.184 e. The van der Waals surface area contributed by atoms with Gasteiger partial charge in [-0.3, -0.25) is 9.89 Å². The summed E-state index contributed by atoms with van der Waals surface area (Å²) in [7, 11) is 4.28. The van der Waals surface area contributed by atoms with Crippen LogP contribution in [0.15, 0.2) is 36.0 Å². The second-order valence-electron chi connectivity index (χ2n) is 4.68. The first-order valence-corrected chi connectivity index (χ1v) is 5.27. The number of likely N-dealkylation sites (N-methyl/N-ethyl adjacent to an activating group) is 1. The number of quaternary nitrogens is 1. The summed E-state index contributed by atoms with van der Waals surface area (Å²) in [6.07, 6.45) is 0. The van der Waals surface area contributed by atoms with Crippen LogP contribution in [0, 0.1) is 5.41 Å². The molecule has 2 nitrogen and oxygen atoms in total. The van der Waals surface area contributed by atoms with Crippen molar-refractivity contribution in [2.75, 3.05) is 14.1 Å². The fraction of sp³-hybridized carbons (Fsp3) is 0.385. The molecule has 78 valence electrons. The largest absolute Gasteiger partial charge is 0.288 e. The fourth-order valence-electron chi connectivity index (χ4n) is 2.42. The highest BCUT2D eigenvalue weighted by Crippen LogP contribution is 2.45. The van der Waals surface area contributed by atoms with Gasteiger partial charge in [0.1, 0.15) is 12.0 Å². The van der Waals surface area contributed by atoms with E-state index in [1.807, 2.05) is 6.07 Å². The van der Waals surface area contributed by atoms with Gasteiger partial charge in [0.15, 0.2) is 5.70 Å². The molecule has 1 aliphatic rings. The molecule has 0 spiro atoms. The van der Waals surface area contributed by atoms with Gasteiger partial charge in [0.25, 0.3) is 0 Å². The van der Waals surface area contributed by atoms with Crippen molar-refractivity contribution in [2.24, 2.45) is 0 Å². The Balaban J connectivity index is 2.38. The number of nitrogens with one attached hydrogen (secondary N) is 1. The summed E-state index contributed by atoms with van der Waals surface area (Å²) < 4.78 is 0.795. The minimum Gasteiger partial charge on any atom is -0.288 e. The molecule has 0 unspecified atom stereocenters. The van der Waals surface area contributed by atoms with Gasteiger partial charge in [-0.1, -0.05) is 30.3 Å². The molecule has 0 radical (unpaired) electrons. The summed E-state index contributed by atoms with van der Waals surface area (Å²) in [5.74, 6) is 2.98. The Morgan fingerprint density at radius 1 is 1.20 bits per heavy atom. The van der Waals surface area contributed by atoms with Crippen LogP contribution in [0.2, 0.25) is 0 Å². The quantitative estimate of drug-likeness (QED) is 0.533. The van der Waals surface area contributed by atoms with Crippen LogP contribution < -0.4 is 0 Å². The molecule has 1 fully saturated rings. The van der Waals surface area contributed by atoms with Crippen molar-refractivity contribution >= 4 is 5.87 Å².